The van der Waals surface area contributed by atoms with Crippen molar-refractivity contribution in [2.75, 3.05) is 13.7 Å². The minimum Gasteiger partial charge on any atom is -0.494 e. The Labute approximate surface area is 117 Å². The topological polar surface area (TPSA) is 18.5 Å². The summed E-state index contributed by atoms with van der Waals surface area (Å²) in [5, 5.41) is 0. The van der Waals surface area contributed by atoms with Crippen LogP contribution < -0.4 is 9.47 Å². The van der Waals surface area contributed by atoms with Crippen molar-refractivity contribution < 1.29 is 13.9 Å². The number of halogens is 2. The van der Waals surface area contributed by atoms with Crippen LogP contribution in [0.3, 0.4) is 0 Å². The highest BCUT2D eigenvalue weighted by Gasteiger charge is 2.10. The smallest absolute Gasteiger partial charge is 0.168 e. The van der Waals surface area contributed by atoms with Gasteiger partial charge in [0.25, 0.3) is 0 Å². The average molecular weight is 333 g/mol. The fourth-order valence-corrected chi connectivity index (χ4v) is 2.56. The second-order valence-electron chi connectivity index (χ2n) is 5.00. The molecule has 2 nitrogen and oxygen atoms in total. The lowest BCUT2D eigenvalue weighted by Gasteiger charge is -2.10. The summed E-state index contributed by atoms with van der Waals surface area (Å²) in [7, 11) is 0.232. The second-order valence-corrected chi connectivity index (χ2v) is 10.9. The highest BCUT2D eigenvalue weighted by molar-refractivity contribution is 9.10. The normalized spacial score (nSPS) is 11.9. The average Bonchev–Trinajstić information content (AvgIpc) is 2.27. The van der Waals surface area contributed by atoms with Crippen molar-refractivity contribution in [2.24, 2.45) is 0 Å². The zero-order valence-electron chi connectivity index (χ0n) is 11.1. The summed E-state index contributed by atoms with van der Waals surface area (Å²) < 4.78 is 24.6. The zero-order chi connectivity index (χ0) is 13.8. The van der Waals surface area contributed by atoms with Gasteiger partial charge in [-0.25, -0.2) is 4.39 Å². The first-order chi connectivity index (χ1) is 8.33. The van der Waals surface area contributed by atoms with Crippen LogP contribution in [-0.2, 0) is 0 Å². The van der Waals surface area contributed by atoms with E-state index in [-0.39, 0.29) is 5.75 Å². The largest absolute Gasteiger partial charge is 0.494 e. The van der Waals surface area contributed by atoms with Crippen molar-refractivity contribution >= 4 is 24.0 Å². The maximum Gasteiger partial charge on any atom is 0.168 e. The Balaban J connectivity index is 2.69. The van der Waals surface area contributed by atoms with E-state index < -0.39 is 13.9 Å². The van der Waals surface area contributed by atoms with Gasteiger partial charge in [0.2, 0.25) is 0 Å². The molecule has 0 unspecified atom stereocenters. The summed E-state index contributed by atoms with van der Waals surface area (Å²) in [4.78, 5) is 0. The Morgan fingerprint density at radius 2 is 1.94 bits per heavy atom. The molecule has 0 bridgehead atoms. The van der Waals surface area contributed by atoms with E-state index in [0.29, 0.717) is 16.8 Å². The lowest BCUT2D eigenvalue weighted by molar-refractivity contribution is 0.350. The molecule has 1 aromatic rings. The Kier molecular flexibility index (Phi) is 5.41. The molecule has 0 atom stereocenters. The molecule has 0 saturated carbocycles. The quantitative estimate of drug-likeness (QED) is 0.743. The summed E-state index contributed by atoms with van der Waals surface area (Å²) in [6.07, 6.45) is 1.99. The van der Waals surface area contributed by atoms with Crippen molar-refractivity contribution in [3.63, 3.8) is 0 Å². The first-order valence-electron chi connectivity index (χ1n) is 5.67. The SMILES string of the molecule is COc1cc(Br)c(OC/C=C/[Si](C)(C)C)cc1F. The van der Waals surface area contributed by atoms with E-state index in [1.165, 1.54) is 13.2 Å². The lowest BCUT2D eigenvalue weighted by atomic mass is 10.3. The molecule has 0 spiro atoms. The van der Waals surface area contributed by atoms with Crippen molar-refractivity contribution in [2.45, 2.75) is 19.6 Å². The van der Waals surface area contributed by atoms with Crippen molar-refractivity contribution in [3.8, 4) is 11.5 Å². The second kappa shape index (κ2) is 6.38. The van der Waals surface area contributed by atoms with Gasteiger partial charge in [-0.2, -0.15) is 0 Å². The van der Waals surface area contributed by atoms with Crippen LogP contribution in [0.15, 0.2) is 28.4 Å². The van der Waals surface area contributed by atoms with Gasteiger partial charge >= 0.3 is 0 Å². The third-order valence-electron chi connectivity index (χ3n) is 2.16. The molecule has 100 valence electrons. The van der Waals surface area contributed by atoms with Gasteiger partial charge < -0.3 is 9.47 Å². The number of benzene rings is 1. The Morgan fingerprint density at radius 3 is 2.50 bits per heavy atom. The highest BCUT2D eigenvalue weighted by Crippen LogP contribution is 2.31. The Bertz CT molecular complexity index is 441. The minimum atomic E-state index is -1.20. The first-order valence-corrected chi connectivity index (χ1v) is 10.0. The van der Waals surface area contributed by atoms with E-state index in [2.05, 4.69) is 41.3 Å². The molecule has 1 aromatic carbocycles. The zero-order valence-corrected chi connectivity index (χ0v) is 13.7. The summed E-state index contributed by atoms with van der Waals surface area (Å²) >= 11 is 3.33. The van der Waals surface area contributed by atoms with Gasteiger partial charge in [-0.05, 0) is 15.9 Å². The van der Waals surface area contributed by atoms with E-state index in [4.69, 9.17) is 9.47 Å². The van der Waals surface area contributed by atoms with E-state index in [1.54, 1.807) is 6.07 Å². The third-order valence-corrected chi connectivity index (χ3v) is 4.01. The molecular weight excluding hydrogens is 315 g/mol. The number of hydrogen-bond donors (Lipinski definition) is 0. The lowest BCUT2D eigenvalue weighted by Crippen LogP contribution is -2.16. The fraction of sp³-hybridized carbons (Fsp3) is 0.385. The van der Waals surface area contributed by atoms with Gasteiger partial charge in [0.1, 0.15) is 12.4 Å². The van der Waals surface area contributed by atoms with Gasteiger partial charge in [-0.1, -0.05) is 31.4 Å². The molecular formula is C13H18BrFO2Si. The van der Waals surface area contributed by atoms with Crippen molar-refractivity contribution in [1.82, 2.24) is 0 Å². The van der Waals surface area contributed by atoms with Gasteiger partial charge in [-0.3, -0.25) is 0 Å². The van der Waals surface area contributed by atoms with Gasteiger partial charge in [-0.15, -0.1) is 0 Å². The number of rotatable bonds is 5. The molecule has 18 heavy (non-hydrogen) atoms. The third kappa shape index (κ3) is 4.82. The van der Waals surface area contributed by atoms with Gasteiger partial charge in [0.05, 0.1) is 19.7 Å². The predicted molar refractivity (Wildman–Crippen MR) is 78.6 cm³/mol. The standard InChI is InChI=1S/C13H18BrFO2Si/c1-16-13-8-10(14)12(9-11(13)15)17-6-5-7-18(2,3)4/h5,7-9H,6H2,1-4H3/b7-5+. The molecule has 0 heterocycles. The number of ether oxygens (including phenoxy) is 2. The monoisotopic (exact) mass is 332 g/mol. The summed E-state index contributed by atoms with van der Waals surface area (Å²) in [6, 6.07) is 2.89. The number of hydrogen-bond acceptors (Lipinski definition) is 2. The van der Waals surface area contributed by atoms with Crippen LogP contribution in [0, 0.1) is 5.82 Å². The van der Waals surface area contributed by atoms with E-state index in [0.717, 1.165) is 0 Å². The summed E-state index contributed by atoms with van der Waals surface area (Å²) in [6.45, 7) is 7.17. The molecule has 5 heteroatoms. The maximum atomic E-state index is 13.5. The predicted octanol–water partition coefficient (Wildman–Crippen LogP) is 4.41. The van der Waals surface area contributed by atoms with Gasteiger partial charge in [0, 0.05) is 12.1 Å². The van der Waals surface area contributed by atoms with Crippen LogP contribution in [-0.4, -0.2) is 21.8 Å². The molecule has 0 amide bonds. The van der Waals surface area contributed by atoms with Gasteiger partial charge in [0.15, 0.2) is 11.6 Å². The highest BCUT2D eigenvalue weighted by atomic mass is 79.9. The Hall–Kier alpha value is -0.813. The maximum absolute atomic E-state index is 13.5. The Morgan fingerprint density at radius 1 is 1.28 bits per heavy atom. The van der Waals surface area contributed by atoms with Crippen LogP contribution in [0.4, 0.5) is 4.39 Å². The van der Waals surface area contributed by atoms with Crippen molar-refractivity contribution in [3.05, 3.63) is 34.2 Å². The van der Waals surface area contributed by atoms with Crippen molar-refractivity contribution in [1.29, 1.82) is 0 Å². The van der Waals surface area contributed by atoms with Crippen LogP contribution in [0.5, 0.6) is 11.5 Å². The fourth-order valence-electron chi connectivity index (χ4n) is 1.32. The summed E-state index contributed by atoms with van der Waals surface area (Å²) in [5.74, 6) is 0.255. The van der Waals surface area contributed by atoms with E-state index in [1.807, 2.05) is 6.08 Å². The molecule has 0 aliphatic rings. The molecule has 0 aromatic heterocycles. The number of methoxy groups -OCH3 is 1. The van der Waals surface area contributed by atoms with Crippen LogP contribution in [0.2, 0.25) is 19.6 Å². The molecule has 0 N–H and O–H groups in total. The molecule has 0 saturated heterocycles. The van der Waals surface area contributed by atoms with Crippen LogP contribution in [0.25, 0.3) is 0 Å². The first kappa shape index (κ1) is 15.2. The molecule has 0 radical (unpaired) electrons. The molecule has 0 fully saturated rings. The van der Waals surface area contributed by atoms with Crippen LogP contribution >= 0.6 is 15.9 Å². The minimum absolute atomic E-state index is 0.201. The summed E-state index contributed by atoms with van der Waals surface area (Å²) in [5.41, 5.74) is 2.20. The molecule has 0 aliphatic carbocycles. The van der Waals surface area contributed by atoms with E-state index in [9.17, 15) is 4.39 Å². The molecule has 0 aliphatic heterocycles. The van der Waals surface area contributed by atoms with E-state index >= 15 is 0 Å². The molecule has 1 rings (SSSR count). The van der Waals surface area contributed by atoms with Crippen LogP contribution in [0.1, 0.15) is 0 Å².